The number of amides is 1. The number of hydrogen-bond donors (Lipinski definition) is 0. The molecule has 2 aromatic carbocycles. The van der Waals surface area contributed by atoms with Gasteiger partial charge in [0.1, 0.15) is 17.7 Å². The summed E-state index contributed by atoms with van der Waals surface area (Å²) in [5.74, 6) is 0.292. The molecule has 1 heterocycles. The fourth-order valence-corrected chi connectivity index (χ4v) is 3.02. The Hall–Kier alpha value is -2.40. The third-order valence-corrected chi connectivity index (χ3v) is 4.64. The molecule has 1 amide bonds. The fraction of sp³-hybridized carbons (Fsp3) is 0.381. The van der Waals surface area contributed by atoms with Gasteiger partial charge in [0.05, 0.1) is 18.7 Å². The first-order valence-electron chi connectivity index (χ1n) is 8.72. The van der Waals surface area contributed by atoms with E-state index in [1.807, 2.05) is 45.0 Å². The molecule has 0 N–H and O–H groups in total. The van der Waals surface area contributed by atoms with Crippen molar-refractivity contribution >= 4 is 5.91 Å². The third kappa shape index (κ3) is 4.22. The largest absolute Gasteiger partial charge is 0.484 e. The van der Waals surface area contributed by atoms with Crippen LogP contribution in [0.1, 0.15) is 31.1 Å². The van der Waals surface area contributed by atoms with E-state index in [0.29, 0.717) is 18.9 Å². The van der Waals surface area contributed by atoms with Gasteiger partial charge in [0.15, 0.2) is 6.61 Å². The first-order chi connectivity index (χ1) is 12.3. The van der Waals surface area contributed by atoms with E-state index in [4.69, 9.17) is 9.47 Å². The Bertz CT molecular complexity index is 756. The van der Waals surface area contributed by atoms with E-state index in [9.17, 15) is 9.18 Å². The lowest BCUT2D eigenvalue weighted by Gasteiger charge is -2.45. The molecule has 1 atom stereocenters. The van der Waals surface area contributed by atoms with Gasteiger partial charge >= 0.3 is 0 Å². The molecule has 1 fully saturated rings. The van der Waals surface area contributed by atoms with Crippen LogP contribution in [0.15, 0.2) is 48.5 Å². The van der Waals surface area contributed by atoms with Crippen molar-refractivity contribution in [2.45, 2.75) is 32.4 Å². The van der Waals surface area contributed by atoms with Gasteiger partial charge in [0, 0.05) is 0 Å². The highest BCUT2D eigenvalue weighted by molar-refractivity contribution is 5.78. The molecule has 0 aliphatic carbocycles. The van der Waals surface area contributed by atoms with Crippen molar-refractivity contribution in [3.05, 3.63) is 65.5 Å². The van der Waals surface area contributed by atoms with Gasteiger partial charge in [-0.05, 0) is 50.6 Å². The van der Waals surface area contributed by atoms with Crippen molar-refractivity contribution in [3.8, 4) is 5.75 Å². The molecule has 3 rings (SSSR count). The van der Waals surface area contributed by atoms with E-state index < -0.39 is 5.54 Å². The first kappa shape index (κ1) is 18.4. The average Bonchev–Trinajstić information content (AvgIpc) is 2.62. The van der Waals surface area contributed by atoms with E-state index in [-0.39, 0.29) is 24.4 Å². The van der Waals surface area contributed by atoms with Gasteiger partial charge < -0.3 is 14.4 Å². The molecule has 5 heteroatoms. The summed E-state index contributed by atoms with van der Waals surface area (Å²) in [7, 11) is 0. The number of aryl methyl sites for hydroxylation is 1. The molecule has 4 nitrogen and oxygen atoms in total. The topological polar surface area (TPSA) is 38.8 Å². The number of halogens is 1. The number of benzene rings is 2. The van der Waals surface area contributed by atoms with Crippen LogP contribution in [0, 0.1) is 12.7 Å². The number of ether oxygens (including phenoxy) is 2. The lowest BCUT2D eigenvalue weighted by atomic mass is 9.98. The van der Waals surface area contributed by atoms with Crippen molar-refractivity contribution < 1.29 is 18.7 Å². The molecule has 0 radical (unpaired) electrons. The Morgan fingerprint density at radius 2 is 1.85 bits per heavy atom. The SMILES string of the molecule is Cc1ccc(OCC(=O)N2CC(c3ccc(F)cc3)OCC2(C)C)cc1. The molecule has 1 unspecified atom stereocenters. The van der Waals surface area contributed by atoms with E-state index >= 15 is 0 Å². The van der Waals surface area contributed by atoms with Crippen LogP contribution >= 0.6 is 0 Å². The third-order valence-electron chi connectivity index (χ3n) is 4.64. The van der Waals surface area contributed by atoms with Gasteiger partial charge in [-0.3, -0.25) is 4.79 Å². The van der Waals surface area contributed by atoms with Gasteiger partial charge in [-0.2, -0.15) is 0 Å². The van der Waals surface area contributed by atoms with Gasteiger partial charge in [-0.25, -0.2) is 4.39 Å². The summed E-state index contributed by atoms with van der Waals surface area (Å²) < 4.78 is 24.7. The quantitative estimate of drug-likeness (QED) is 0.833. The summed E-state index contributed by atoms with van der Waals surface area (Å²) in [5, 5.41) is 0. The minimum absolute atomic E-state index is 0.0252. The van der Waals surface area contributed by atoms with Gasteiger partial charge in [-0.15, -0.1) is 0 Å². The zero-order valence-corrected chi connectivity index (χ0v) is 15.4. The van der Waals surface area contributed by atoms with E-state index in [0.717, 1.165) is 11.1 Å². The second-order valence-electron chi connectivity index (χ2n) is 7.27. The molecule has 138 valence electrons. The highest BCUT2D eigenvalue weighted by Gasteiger charge is 2.38. The van der Waals surface area contributed by atoms with Crippen LogP contribution in [-0.4, -0.2) is 36.1 Å². The van der Waals surface area contributed by atoms with Crippen LogP contribution < -0.4 is 4.74 Å². The molecule has 1 saturated heterocycles. The number of morpholine rings is 1. The zero-order chi connectivity index (χ0) is 18.7. The summed E-state index contributed by atoms with van der Waals surface area (Å²) in [6.07, 6.45) is -0.271. The molecule has 1 aliphatic rings. The second kappa shape index (κ2) is 7.46. The summed E-state index contributed by atoms with van der Waals surface area (Å²) in [5.41, 5.74) is 1.57. The molecule has 2 aromatic rings. The minimum Gasteiger partial charge on any atom is -0.484 e. The maximum atomic E-state index is 13.1. The van der Waals surface area contributed by atoms with Crippen LogP contribution in [0.25, 0.3) is 0 Å². The van der Waals surface area contributed by atoms with E-state index in [2.05, 4.69) is 0 Å². The van der Waals surface area contributed by atoms with Gasteiger partial charge in [-0.1, -0.05) is 29.8 Å². The molecule has 0 saturated carbocycles. The minimum atomic E-state index is -0.426. The van der Waals surface area contributed by atoms with Crippen molar-refractivity contribution in [2.75, 3.05) is 19.8 Å². The summed E-state index contributed by atoms with van der Waals surface area (Å²) in [4.78, 5) is 14.6. The second-order valence-corrected chi connectivity index (χ2v) is 7.27. The van der Waals surface area contributed by atoms with Gasteiger partial charge in [0.25, 0.3) is 5.91 Å². The van der Waals surface area contributed by atoms with Crippen LogP contribution in [0.2, 0.25) is 0 Å². The molecular weight excluding hydrogens is 333 g/mol. The summed E-state index contributed by atoms with van der Waals surface area (Å²) >= 11 is 0. The highest BCUT2D eigenvalue weighted by atomic mass is 19.1. The normalized spacial score (nSPS) is 19.2. The molecule has 1 aliphatic heterocycles. The average molecular weight is 357 g/mol. The predicted molar refractivity (Wildman–Crippen MR) is 97.6 cm³/mol. The van der Waals surface area contributed by atoms with Crippen LogP contribution in [0.5, 0.6) is 5.75 Å². The Labute approximate surface area is 153 Å². The van der Waals surface area contributed by atoms with Crippen molar-refractivity contribution in [1.82, 2.24) is 4.90 Å². The smallest absolute Gasteiger partial charge is 0.261 e. The lowest BCUT2D eigenvalue weighted by Crippen LogP contribution is -2.57. The number of hydrogen-bond acceptors (Lipinski definition) is 3. The number of carbonyl (C=O) groups is 1. The number of nitrogens with zero attached hydrogens (tertiary/aromatic N) is 1. The fourth-order valence-electron chi connectivity index (χ4n) is 3.02. The molecule has 0 bridgehead atoms. The summed E-state index contributed by atoms with van der Waals surface area (Å²) in [6.45, 7) is 6.73. The van der Waals surface area contributed by atoms with Crippen LogP contribution in [-0.2, 0) is 9.53 Å². The Kier molecular flexibility index (Phi) is 5.28. The lowest BCUT2D eigenvalue weighted by molar-refractivity contribution is -0.156. The van der Waals surface area contributed by atoms with Gasteiger partial charge in [0.2, 0.25) is 0 Å². The van der Waals surface area contributed by atoms with Crippen molar-refractivity contribution in [3.63, 3.8) is 0 Å². The molecule has 0 spiro atoms. The number of carbonyl (C=O) groups excluding carboxylic acids is 1. The Morgan fingerprint density at radius 3 is 2.50 bits per heavy atom. The van der Waals surface area contributed by atoms with Crippen LogP contribution in [0.3, 0.4) is 0 Å². The van der Waals surface area contributed by atoms with E-state index in [1.165, 1.54) is 12.1 Å². The molecular formula is C21H24FNO3. The summed E-state index contributed by atoms with van der Waals surface area (Å²) in [6, 6.07) is 13.8. The maximum Gasteiger partial charge on any atom is 0.261 e. The van der Waals surface area contributed by atoms with Crippen molar-refractivity contribution in [1.29, 1.82) is 0 Å². The van der Waals surface area contributed by atoms with E-state index in [1.54, 1.807) is 17.0 Å². The molecule has 26 heavy (non-hydrogen) atoms. The maximum absolute atomic E-state index is 13.1. The first-order valence-corrected chi connectivity index (χ1v) is 8.72. The Balaban J connectivity index is 1.67. The van der Waals surface area contributed by atoms with Crippen LogP contribution in [0.4, 0.5) is 4.39 Å². The molecule has 0 aromatic heterocycles. The zero-order valence-electron chi connectivity index (χ0n) is 15.4. The number of rotatable bonds is 4. The van der Waals surface area contributed by atoms with Crippen molar-refractivity contribution in [2.24, 2.45) is 0 Å². The highest BCUT2D eigenvalue weighted by Crippen LogP contribution is 2.30. The predicted octanol–water partition coefficient (Wildman–Crippen LogP) is 3.89. The Morgan fingerprint density at radius 1 is 1.19 bits per heavy atom. The monoisotopic (exact) mass is 357 g/mol. The standard InChI is InChI=1S/C21H24FNO3/c1-15-4-10-18(11-5-15)25-13-20(24)23-12-19(26-14-21(23,2)3)16-6-8-17(22)9-7-16/h4-11,19H,12-14H2,1-3H3.